The van der Waals surface area contributed by atoms with Crippen molar-refractivity contribution in [2.75, 3.05) is 23.7 Å². The standard InChI is InChI=1S/C27H38ClN3O4S/c1-6-7-15-29-27(33)22(4)30(19-23-11-8-10-20(2)17-23)26(32)12-9-16-31(36(5,34)35)25-18-24(28)14-13-21(25)3/h8,10-11,13-14,17-18,22H,6-7,9,12,15-16,19H2,1-5H3,(H,29,33)/t22-/m1/s1. The molecule has 1 N–H and O–H groups in total. The number of hydrogen-bond acceptors (Lipinski definition) is 4. The molecule has 2 aromatic rings. The Kier molecular flexibility index (Phi) is 11.2. The zero-order valence-electron chi connectivity index (χ0n) is 21.9. The fraction of sp³-hybridized carbons (Fsp3) is 0.481. The summed E-state index contributed by atoms with van der Waals surface area (Å²) in [4.78, 5) is 27.7. The molecule has 0 aliphatic heterocycles. The van der Waals surface area contributed by atoms with E-state index in [0.717, 1.165) is 35.8 Å². The summed E-state index contributed by atoms with van der Waals surface area (Å²) in [5, 5.41) is 3.35. The molecule has 0 aliphatic carbocycles. The Hall–Kier alpha value is -2.58. The first-order chi connectivity index (χ1) is 16.9. The van der Waals surface area contributed by atoms with E-state index < -0.39 is 16.1 Å². The summed E-state index contributed by atoms with van der Waals surface area (Å²) in [6.07, 6.45) is 3.37. The number of hydrogen-bond donors (Lipinski definition) is 1. The van der Waals surface area contributed by atoms with Crippen molar-refractivity contribution in [3.63, 3.8) is 0 Å². The molecular formula is C27H38ClN3O4S. The highest BCUT2D eigenvalue weighted by atomic mass is 35.5. The third-order valence-corrected chi connectivity index (χ3v) is 7.44. The van der Waals surface area contributed by atoms with Gasteiger partial charge in [0.15, 0.2) is 0 Å². The van der Waals surface area contributed by atoms with Crippen LogP contribution >= 0.6 is 11.6 Å². The maximum atomic E-state index is 13.4. The molecule has 36 heavy (non-hydrogen) atoms. The summed E-state index contributed by atoms with van der Waals surface area (Å²) < 4.78 is 26.4. The van der Waals surface area contributed by atoms with Gasteiger partial charge in [-0.25, -0.2) is 8.42 Å². The van der Waals surface area contributed by atoms with Crippen molar-refractivity contribution >= 4 is 39.1 Å². The second-order valence-corrected chi connectivity index (χ2v) is 11.5. The Balaban J connectivity index is 2.18. The average molecular weight is 536 g/mol. The van der Waals surface area contributed by atoms with Crippen molar-refractivity contribution in [3.05, 3.63) is 64.2 Å². The number of anilines is 1. The van der Waals surface area contributed by atoms with Crippen LogP contribution in [-0.4, -0.2) is 50.5 Å². The first-order valence-corrected chi connectivity index (χ1v) is 14.5. The molecule has 0 fully saturated rings. The molecule has 2 amide bonds. The maximum absolute atomic E-state index is 13.4. The molecule has 1 atom stereocenters. The van der Waals surface area contributed by atoms with Crippen LogP contribution in [0.1, 0.15) is 56.2 Å². The van der Waals surface area contributed by atoms with Gasteiger partial charge in [0.1, 0.15) is 6.04 Å². The predicted octanol–water partition coefficient (Wildman–Crippen LogP) is 4.84. The van der Waals surface area contributed by atoms with Crippen molar-refractivity contribution in [1.29, 1.82) is 0 Å². The second-order valence-electron chi connectivity index (χ2n) is 9.20. The topological polar surface area (TPSA) is 86.8 Å². The molecule has 0 aromatic heterocycles. The molecule has 0 saturated heterocycles. The third-order valence-electron chi connectivity index (χ3n) is 6.02. The number of carbonyl (C=O) groups excluding carboxylic acids is 2. The number of rotatable bonds is 13. The molecule has 2 aromatic carbocycles. The van der Waals surface area contributed by atoms with Crippen LogP contribution < -0.4 is 9.62 Å². The van der Waals surface area contributed by atoms with Crippen LogP contribution in [0.15, 0.2) is 42.5 Å². The van der Waals surface area contributed by atoms with E-state index in [1.54, 1.807) is 30.0 Å². The van der Waals surface area contributed by atoms with Crippen LogP contribution in [-0.2, 0) is 26.2 Å². The second kappa shape index (κ2) is 13.7. The smallest absolute Gasteiger partial charge is 0.242 e. The number of nitrogens with one attached hydrogen (secondary N) is 1. The van der Waals surface area contributed by atoms with E-state index in [-0.39, 0.29) is 24.8 Å². The van der Waals surface area contributed by atoms with Crippen LogP contribution in [0.4, 0.5) is 5.69 Å². The zero-order chi connectivity index (χ0) is 26.9. The van der Waals surface area contributed by atoms with E-state index in [9.17, 15) is 18.0 Å². The van der Waals surface area contributed by atoms with Gasteiger partial charge in [0, 0.05) is 31.1 Å². The van der Waals surface area contributed by atoms with E-state index in [1.165, 1.54) is 4.31 Å². The Labute approximate surface area is 220 Å². The molecular weight excluding hydrogens is 498 g/mol. The fourth-order valence-electron chi connectivity index (χ4n) is 3.96. The minimum atomic E-state index is -3.59. The van der Waals surface area contributed by atoms with Crippen molar-refractivity contribution in [2.24, 2.45) is 0 Å². The molecule has 0 radical (unpaired) electrons. The van der Waals surface area contributed by atoms with E-state index in [4.69, 9.17) is 11.6 Å². The summed E-state index contributed by atoms with van der Waals surface area (Å²) in [6.45, 7) is 8.56. The molecule has 0 bridgehead atoms. The quantitative estimate of drug-likeness (QED) is 0.372. The van der Waals surface area contributed by atoms with Gasteiger partial charge in [-0.3, -0.25) is 13.9 Å². The van der Waals surface area contributed by atoms with Gasteiger partial charge in [-0.15, -0.1) is 0 Å². The van der Waals surface area contributed by atoms with Crippen molar-refractivity contribution in [3.8, 4) is 0 Å². The molecule has 7 nitrogen and oxygen atoms in total. The Morgan fingerprint density at radius 3 is 2.44 bits per heavy atom. The lowest BCUT2D eigenvalue weighted by molar-refractivity contribution is -0.140. The molecule has 2 rings (SSSR count). The lowest BCUT2D eigenvalue weighted by Gasteiger charge is -2.30. The van der Waals surface area contributed by atoms with Crippen LogP contribution in [0.3, 0.4) is 0 Å². The number of halogens is 1. The molecule has 0 saturated carbocycles. The van der Waals surface area contributed by atoms with Gasteiger partial charge in [0.25, 0.3) is 0 Å². The highest BCUT2D eigenvalue weighted by molar-refractivity contribution is 7.92. The summed E-state index contributed by atoms with van der Waals surface area (Å²) in [6, 6.07) is 12.3. The van der Waals surface area contributed by atoms with Crippen LogP contribution in [0.25, 0.3) is 0 Å². The normalized spacial score (nSPS) is 12.2. The van der Waals surface area contributed by atoms with Crippen molar-refractivity contribution in [2.45, 2.75) is 66.0 Å². The minimum Gasteiger partial charge on any atom is -0.354 e. The van der Waals surface area contributed by atoms with Crippen molar-refractivity contribution in [1.82, 2.24) is 10.2 Å². The number of sulfonamides is 1. The van der Waals surface area contributed by atoms with Gasteiger partial charge < -0.3 is 10.2 Å². The first-order valence-electron chi connectivity index (χ1n) is 12.3. The summed E-state index contributed by atoms with van der Waals surface area (Å²) >= 11 is 6.11. The van der Waals surface area contributed by atoms with Gasteiger partial charge in [-0.05, 0) is 56.9 Å². The van der Waals surface area contributed by atoms with Gasteiger partial charge in [0.05, 0.1) is 11.9 Å². The number of benzene rings is 2. The molecule has 0 aliphatic rings. The summed E-state index contributed by atoms with van der Waals surface area (Å²) in [7, 11) is -3.59. The fourth-order valence-corrected chi connectivity index (χ4v) is 5.14. The van der Waals surface area contributed by atoms with Crippen LogP contribution in [0, 0.1) is 13.8 Å². The third kappa shape index (κ3) is 8.82. The Morgan fingerprint density at radius 1 is 1.08 bits per heavy atom. The molecule has 0 spiro atoms. The van der Waals surface area contributed by atoms with Crippen LogP contribution in [0.2, 0.25) is 5.02 Å². The van der Waals surface area contributed by atoms with Crippen LogP contribution in [0.5, 0.6) is 0 Å². The molecule has 0 heterocycles. The van der Waals surface area contributed by atoms with E-state index >= 15 is 0 Å². The van der Waals surface area contributed by atoms with Gasteiger partial charge in [-0.1, -0.05) is 60.8 Å². The highest BCUT2D eigenvalue weighted by Gasteiger charge is 2.27. The SMILES string of the molecule is CCCCNC(=O)[C@@H](C)N(Cc1cccc(C)c1)C(=O)CCCN(c1cc(Cl)ccc1C)S(C)(=O)=O. The lowest BCUT2D eigenvalue weighted by atomic mass is 10.1. The Bertz CT molecular complexity index is 1150. The largest absolute Gasteiger partial charge is 0.354 e. The lowest BCUT2D eigenvalue weighted by Crippen LogP contribution is -2.48. The average Bonchev–Trinajstić information content (AvgIpc) is 2.81. The van der Waals surface area contributed by atoms with E-state index in [1.807, 2.05) is 45.0 Å². The van der Waals surface area contributed by atoms with Gasteiger partial charge in [0.2, 0.25) is 21.8 Å². The predicted molar refractivity (Wildman–Crippen MR) is 147 cm³/mol. The van der Waals surface area contributed by atoms with E-state index in [0.29, 0.717) is 30.2 Å². The first kappa shape index (κ1) is 29.6. The van der Waals surface area contributed by atoms with Gasteiger partial charge in [-0.2, -0.15) is 0 Å². The minimum absolute atomic E-state index is 0.101. The molecule has 9 heteroatoms. The molecule has 0 unspecified atom stereocenters. The summed E-state index contributed by atoms with van der Waals surface area (Å²) in [5.41, 5.74) is 3.27. The van der Waals surface area contributed by atoms with Gasteiger partial charge >= 0.3 is 0 Å². The van der Waals surface area contributed by atoms with Crippen molar-refractivity contribution < 1.29 is 18.0 Å². The summed E-state index contributed by atoms with van der Waals surface area (Å²) in [5.74, 6) is -0.400. The Morgan fingerprint density at radius 2 is 1.81 bits per heavy atom. The monoisotopic (exact) mass is 535 g/mol. The maximum Gasteiger partial charge on any atom is 0.242 e. The zero-order valence-corrected chi connectivity index (χ0v) is 23.5. The highest BCUT2D eigenvalue weighted by Crippen LogP contribution is 2.27. The number of unbranched alkanes of at least 4 members (excludes halogenated alkanes) is 1. The number of aryl methyl sites for hydroxylation is 2. The number of nitrogens with zero attached hydrogens (tertiary/aromatic N) is 2. The number of amides is 2. The van der Waals surface area contributed by atoms with E-state index in [2.05, 4.69) is 5.32 Å². The number of carbonyl (C=O) groups is 2. The molecule has 198 valence electrons.